The summed E-state index contributed by atoms with van der Waals surface area (Å²) < 4.78 is 5.32. The Labute approximate surface area is 159 Å². The van der Waals surface area contributed by atoms with Crippen molar-refractivity contribution >= 4 is 17.3 Å². The van der Waals surface area contributed by atoms with Crippen LogP contribution >= 0.6 is 0 Å². The summed E-state index contributed by atoms with van der Waals surface area (Å²) in [5.41, 5.74) is 5.38. The van der Waals surface area contributed by atoms with E-state index in [-0.39, 0.29) is 5.91 Å². The third kappa shape index (κ3) is 4.64. The molecular weight excluding hydrogens is 338 g/mol. The van der Waals surface area contributed by atoms with Gasteiger partial charge in [0.1, 0.15) is 5.75 Å². The molecule has 5 heteroatoms. The number of carbonyl (C=O) groups excluding carboxylic acids is 1. The molecule has 0 unspecified atom stereocenters. The third-order valence-electron chi connectivity index (χ3n) is 4.35. The topological polar surface area (TPSA) is 63.2 Å². The number of ether oxygens (including phenoxy) is 1. The molecule has 0 aliphatic heterocycles. The highest BCUT2D eigenvalue weighted by Gasteiger charge is 2.11. The van der Waals surface area contributed by atoms with E-state index in [0.717, 1.165) is 11.3 Å². The minimum absolute atomic E-state index is 0.231. The zero-order valence-electron chi connectivity index (χ0n) is 15.7. The number of hydrogen-bond donors (Lipinski definition) is 2. The maximum absolute atomic E-state index is 12.6. The van der Waals surface area contributed by atoms with Crippen LogP contribution in [0.2, 0.25) is 0 Å². The number of carbonyl (C=O) groups is 1. The van der Waals surface area contributed by atoms with Crippen molar-refractivity contribution in [3.63, 3.8) is 0 Å². The van der Waals surface area contributed by atoms with Gasteiger partial charge in [0.05, 0.1) is 24.0 Å². The van der Waals surface area contributed by atoms with Gasteiger partial charge in [0.2, 0.25) is 0 Å². The summed E-state index contributed by atoms with van der Waals surface area (Å²) in [5, 5.41) is 6.22. The number of rotatable bonds is 6. The zero-order valence-corrected chi connectivity index (χ0v) is 15.7. The highest BCUT2D eigenvalue weighted by Crippen LogP contribution is 2.26. The molecule has 0 fully saturated rings. The van der Waals surface area contributed by atoms with E-state index in [1.165, 1.54) is 11.1 Å². The maximum Gasteiger partial charge on any atom is 0.257 e. The van der Waals surface area contributed by atoms with Gasteiger partial charge in [0, 0.05) is 18.9 Å². The average Bonchev–Trinajstić information content (AvgIpc) is 2.68. The van der Waals surface area contributed by atoms with Gasteiger partial charge >= 0.3 is 0 Å². The van der Waals surface area contributed by atoms with E-state index in [4.69, 9.17) is 4.74 Å². The summed E-state index contributed by atoms with van der Waals surface area (Å²) in [6, 6.07) is 15.6. The number of methoxy groups -OCH3 is 1. The molecule has 0 saturated heterocycles. The van der Waals surface area contributed by atoms with Crippen LogP contribution in [0.15, 0.2) is 60.9 Å². The van der Waals surface area contributed by atoms with E-state index in [9.17, 15) is 4.79 Å². The first kappa shape index (κ1) is 18.5. The van der Waals surface area contributed by atoms with Crippen molar-refractivity contribution in [1.29, 1.82) is 0 Å². The van der Waals surface area contributed by atoms with Gasteiger partial charge in [-0.05, 0) is 48.7 Å². The average molecular weight is 361 g/mol. The smallest absolute Gasteiger partial charge is 0.257 e. The molecule has 138 valence electrons. The number of aromatic nitrogens is 1. The molecule has 1 aromatic heterocycles. The van der Waals surface area contributed by atoms with Gasteiger partial charge in [-0.3, -0.25) is 9.78 Å². The fourth-order valence-electron chi connectivity index (χ4n) is 2.78. The van der Waals surface area contributed by atoms with Gasteiger partial charge in [-0.2, -0.15) is 0 Å². The number of pyridine rings is 1. The van der Waals surface area contributed by atoms with Crippen molar-refractivity contribution < 1.29 is 9.53 Å². The van der Waals surface area contributed by atoms with Crippen LogP contribution in [0.4, 0.5) is 11.4 Å². The van der Waals surface area contributed by atoms with E-state index in [1.54, 1.807) is 25.6 Å². The predicted molar refractivity (Wildman–Crippen MR) is 108 cm³/mol. The number of anilines is 2. The van der Waals surface area contributed by atoms with Crippen LogP contribution in [0, 0.1) is 13.8 Å². The van der Waals surface area contributed by atoms with Gasteiger partial charge in [-0.15, -0.1) is 0 Å². The molecule has 0 radical (unpaired) electrons. The van der Waals surface area contributed by atoms with Crippen molar-refractivity contribution in [2.24, 2.45) is 0 Å². The maximum atomic E-state index is 12.6. The van der Waals surface area contributed by atoms with E-state index in [2.05, 4.69) is 34.7 Å². The molecule has 2 N–H and O–H groups in total. The zero-order chi connectivity index (χ0) is 19.2. The first-order valence-electron chi connectivity index (χ1n) is 8.76. The Bertz CT molecular complexity index is 954. The van der Waals surface area contributed by atoms with E-state index in [1.807, 2.05) is 37.3 Å². The molecule has 0 atom stereocenters. The molecule has 3 rings (SSSR count). The van der Waals surface area contributed by atoms with Crippen LogP contribution in [0.25, 0.3) is 0 Å². The summed E-state index contributed by atoms with van der Waals surface area (Å²) in [6.45, 7) is 4.71. The van der Waals surface area contributed by atoms with Gasteiger partial charge in [-0.1, -0.05) is 30.3 Å². The molecule has 0 aliphatic rings. The Hall–Kier alpha value is -3.34. The van der Waals surface area contributed by atoms with Crippen molar-refractivity contribution in [1.82, 2.24) is 4.98 Å². The number of nitrogens with one attached hydrogen (secondary N) is 2. The fourth-order valence-corrected chi connectivity index (χ4v) is 2.78. The molecule has 1 heterocycles. The van der Waals surface area contributed by atoms with Gasteiger partial charge in [0.15, 0.2) is 0 Å². The Morgan fingerprint density at radius 2 is 1.89 bits per heavy atom. The lowest BCUT2D eigenvalue weighted by molar-refractivity contribution is 0.102. The lowest BCUT2D eigenvalue weighted by Crippen LogP contribution is -2.13. The molecule has 1 amide bonds. The van der Waals surface area contributed by atoms with E-state index >= 15 is 0 Å². The molecule has 5 nitrogen and oxygen atoms in total. The minimum atomic E-state index is -0.231. The summed E-state index contributed by atoms with van der Waals surface area (Å²) >= 11 is 0. The molecule has 0 bridgehead atoms. The molecule has 0 spiro atoms. The molecule has 0 saturated carbocycles. The summed E-state index contributed by atoms with van der Waals surface area (Å²) in [4.78, 5) is 16.8. The molecule has 27 heavy (non-hydrogen) atoms. The second kappa shape index (κ2) is 8.36. The standard InChI is InChI=1S/C22H23N3O2/c1-15-8-9-21(27-3)20(10-15)25-22(26)18-11-19(14-23-12-18)24-13-17-7-5-4-6-16(17)2/h4-12,14,24H,13H2,1-3H3,(H,25,26). The van der Waals surface area contributed by atoms with Crippen LogP contribution in [0.3, 0.4) is 0 Å². The monoisotopic (exact) mass is 361 g/mol. The molecule has 3 aromatic rings. The fraction of sp³-hybridized carbons (Fsp3) is 0.182. The Morgan fingerprint density at radius 1 is 1.07 bits per heavy atom. The molecule has 0 aliphatic carbocycles. The lowest BCUT2D eigenvalue weighted by Gasteiger charge is -2.12. The van der Waals surface area contributed by atoms with E-state index in [0.29, 0.717) is 23.5 Å². The van der Waals surface area contributed by atoms with Crippen LogP contribution < -0.4 is 15.4 Å². The number of benzene rings is 2. The first-order valence-corrected chi connectivity index (χ1v) is 8.76. The molecular formula is C22H23N3O2. The Morgan fingerprint density at radius 3 is 2.67 bits per heavy atom. The largest absolute Gasteiger partial charge is 0.495 e. The third-order valence-corrected chi connectivity index (χ3v) is 4.35. The number of amides is 1. The minimum Gasteiger partial charge on any atom is -0.495 e. The van der Waals surface area contributed by atoms with Crippen LogP contribution in [-0.2, 0) is 6.54 Å². The first-order chi connectivity index (χ1) is 13.1. The van der Waals surface area contributed by atoms with Crippen molar-refractivity contribution in [3.8, 4) is 5.75 Å². The number of hydrogen-bond acceptors (Lipinski definition) is 4. The Kier molecular flexibility index (Phi) is 5.71. The van der Waals surface area contributed by atoms with Crippen molar-refractivity contribution in [2.45, 2.75) is 20.4 Å². The number of nitrogens with zero attached hydrogens (tertiary/aromatic N) is 1. The number of aryl methyl sites for hydroxylation is 2. The van der Waals surface area contributed by atoms with Gasteiger partial charge in [-0.25, -0.2) is 0 Å². The summed E-state index contributed by atoms with van der Waals surface area (Å²) in [6.07, 6.45) is 3.26. The van der Waals surface area contributed by atoms with Crippen molar-refractivity contribution in [2.75, 3.05) is 17.7 Å². The normalized spacial score (nSPS) is 10.3. The highest BCUT2D eigenvalue weighted by atomic mass is 16.5. The Balaban J connectivity index is 1.72. The SMILES string of the molecule is COc1ccc(C)cc1NC(=O)c1cncc(NCc2ccccc2C)c1. The lowest BCUT2D eigenvalue weighted by atomic mass is 10.1. The second-order valence-electron chi connectivity index (χ2n) is 6.40. The second-order valence-corrected chi connectivity index (χ2v) is 6.40. The predicted octanol–water partition coefficient (Wildman–Crippen LogP) is 4.57. The van der Waals surface area contributed by atoms with Gasteiger partial charge in [0.25, 0.3) is 5.91 Å². The van der Waals surface area contributed by atoms with Crippen molar-refractivity contribution in [3.05, 3.63) is 83.2 Å². The highest BCUT2D eigenvalue weighted by molar-refractivity contribution is 6.05. The quantitative estimate of drug-likeness (QED) is 0.675. The van der Waals surface area contributed by atoms with Crippen LogP contribution in [-0.4, -0.2) is 18.0 Å². The summed E-state index contributed by atoms with van der Waals surface area (Å²) in [5.74, 6) is 0.390. The molecule has 2 aromatic carbocycles. The summed E-state index contributed by atoms with van der Waals surface area (Å²) in [7, 11) is 1.58. The van der Waals surface area contributed by atoms with Crippen LogP contribution in [0.1, 0.15) is 27.0 Å². The van der Waals surface area contributed by atoms with Crippen LogP contribution in [0.5, 0.6) is 5.75 Å². The van der Waals surface area contributed by atoms with Gasteiger partial charge < -0.3 is 15.4 Å². The van der Waals surface area contributed by atoms with E-state index < -0.39 is 0 Å².